The van der Waals surface area contributed by atoms with Crippen LogP contribution < -0.4 is 5.32 Å². The Morgan fingerprint density at radius 1 is 1.19 bits per heavy atom. The highest BCUT2D eigenvalue weighted by Crippen LogP contribution is 2.30. The SMILES string of the molecule is C[C@H](Cc1ccc(S(=O)(=O)c2ccc(O)cc2Cl)cc1)NC(=O)C(F)(F)F. The molecule has 0 saturated heterocycles. The monoisotopic (exact) mass is 421 g/mol. The molecule has 0 unspecified atom stereocenters. The lowest BCUT2D eigenvalue weighted by Gasteiger charge is -2.15. The Labute approximate surface area is 158 Å². The fraction of sp³-hybridized carbons (Fsp3) is 0.235. The molecule has 0 aliphatic heterocycles. The van der Waals surface area contributed by atoms with Crippen LogP contribution in [0.1, 0.15) is 12.5 Å². The number of phenolic OH excluding ortho intramolecular Hbond substituents is 1. The van der Waals surface area contributed by atoms with Gasteiger partial charge in [0.2, 0.25) is 9.84 Å². The second-order valence-electron chi connectivity index (χ2n) is 5.84. The smallest absolute Gasteiger partial charge is 0.471 e. The van der Waals surface area contributed by atoms with Crippen LogP contribution in [-0.4, -0.2) is 31.6 Å². The van der Waals surface area contributed by atoms with Crippen molar-refractivity contribution in [3.63, 3.8) is 0 Å². The lowest BCUT2D eigenvalue weighted by atomic mass is 10.1. The van der Waals surface area contributed by atoms with E-state index in [1.165, 1.54) is 43.3 Å². The molecule has 0 aliphatic rings. The summed E-state index contributed by atoms with van der Waals surface area (Å²) in [5.74, 6) is -2.21. The predicted octanol–water partition coefficient (Wildman–Crippen LogP) is 3.49. The van der Waals surface area contributed by atoms with E-state index < -0.39 is 28.0 Å². The van der Waals surface area contributed by atoms with Crippen LogP contribution in [0.2, 0.25) is 5.02 Å². The van der Waals surface area contributed by atoms with Gasteiger partial charge in [-0.1, -0.05) is 23.7 Å². The second-order valence-corrected chi connectivity index (χ2v) is 8.16. The molecule has 27 heavy (non-hydrogen) atoms. The number of amides is 1. The Hall–Kier alpha value is -2.26. The molecule has 2 rings (SSSR count). The lowest BCUT2D eigenvalue weighted by molar-refractivity contribution is -0.174. The van der Waals surface area contributed by atoms with Gasteiger partial charge in [0.25, 0.3) is 0 Å². The maximum absolute atomic E-state index is 12.6. The zero-order chi connectivity index (χ0) is 20.4. The van der Waals surface area contributed by atoms with Gasteiger partial charge in [0.05, 0.1) is 14.8 Å². The van der Waals surface area contributed by atoms with Crippen molar-refractivity contribution < 1.29 is 31.5 Å². The molecule has 0 bridgehead atoms. The third-order valence-electron chi connectivity index (χ3n) is 3.62. The van der Waals surface area contributed by atoms with Gasteiger partial charge in [-0.3, -0.25) is 4.79 Å². The molecule has 10 heteroatoms. The van der Waals surface area contributed by atoms with Crippen molar-refractivity contribution in [2.45, 2.75) is 35.4 Å². The largest absolute Gasteiger partial charge is 0.508 e. The first-order chi connectivity index (χ1) is 12.4. The van der Waals surface area contributed by atoms with Crippen molar-refractivity contribution >= 4 is 27.3 Å². The Morgan fingerprint density at radius 2 is 1.78 bits per heavy atom. The number of sulfone groups is 1. The number of aromatic hydroxyl groups is 1. The van der Waals surface area contributed by atoms with Crippen LogP contribution in [-0.2, 0) is 21.1 Å². The first kappa shape index (κ1) is 21.0. The number of alkyl halides is 3. The van der Waals surface area contributed by atoms with Crippen molar-refractivity contribution in [3.8, 4) is 5.75 Å². The summed E-state index contributed by atoms with van der Waals surface area (Å²) in [6, 6.07) is 8.16. The highest BCUT2D eigenvalue weighted by Gasteiger charge is 2.39. The van der Waals surface area contributed by atoms with Crippen LogP contribution in [0.15, 0.2) is 52.3 Å². The van der Waals surface area contributed by atoms with Crippen LogP contribution in [0.4, 0.5) is 13.2 Å². The summed E-state index contributed by atoms with van der Waals surface area (Å²) in [6.45, 7) is 1.41. The Balaban J connectivity index is 2.16. The minimum atomic E-state index is -4.96. The lowest BCUT2D eigenvalue weighted by Crippen LogP contribution is -2.42. The van der Waals surface area contributed by atoms with E-state index in [1.807, 2.05) is 5.32 Å². The minimum absolute atomic E-state index is 0.0641. The maximum atomic E-state index is 12.6. The quantitative estimate of drug-likeness (QED) is 0.774. The number of nitrogens with one attached hydrogen (secondary N) is 1. The molecule has 2 aromatic carbocycles. The third-order valence-corrected chi connectivity index (χ3v) is 5.87. The topological polar surface area (TPSA) is 83.5 Å². The van der Waals surface area contributed by atoms with E-state index in [2.05, 4.69) is 0 Å². The molecule has 2 N–H and O–H groups in total. The summed E-state index contributed by atoms with van der Waals surface area (Å²) in [4.78, 5) is 10.7. The number of carbonyl (C=O) groups is 1. The van der Waals surface area contributed by atoms with Crippen LogP contribution in [0, 0.1) is 0 Å². The zero-order valence-corrected chi connectivity index (χ0v) is 15.5. The fourth-order valence-electron chi connectivity index (χ4n) is 2.35. The molecule has 5 nitrogen and oxygen atoms in total. The normalized spacial score (nSPS) is 13.2. The maximum Gasteiger partial charge on any atom is 0.471 e. The first-order valence-corrected chi connectivity index (χ1v) is 9.47. The molecule has 0 saturated carbocycles. The number of phenols is 1. The summed E-state index contributed by atoms with van der Waals surface area (Å²) >= 11 is 5.88. The molecule has 1 atom stereocenters. The summed E-state index contributed by atoms with van der Waals surface area (Å²) in [5.41, 5.74) is 0.542. The molecule has 0 aliphatic carbocycles. The zero-order valence-electron chi connectivity index (χ0n) is 13.9. The average molecular weight is 422 g/mol. The summed E-state index contributed by atoms with van der Waals surface area (Å²) < 4.78 is 62.0. The van der Waals surface area contributed by atoms with Crippen molar-refractivity contribution in [1.29, 1.82) is 0 Å². The van der Waals surface area contributed by atoms with Crippen LogP contribution in [0.5, 0.6) is 5.75 Å². The van der Waals surface area contributed by atoms with E-state index in [9.17, 15) is 31.5 Å². The van der Waals surface area contributed by atoms with Crippen LogP contribution >= 0.6 is 11.6 Å². The fourth-order valence-corrected chi connectivity index (χ4v) is 4.14. The van der Waals surface area contributed by atoms with E-state index in [0.717, 1.165) is 6.07 Å². The van der Waals surface area contributed by atoms with Crippen molar-refractivity contribution in [1.82, 2.24) is 5.32 Å². The van der Waals surface area contributed by atoms with E-state index in [0.29, 0.717) is 5.56 Å². The summed E-state index contributed by atoms with van der Waals surface area (Å²) in [7, 11) is -3.93. The molecule has 0 fully saturated rings. The first-order valence-electron chi connectivity index (χ1n) is 7.61. The molecule has 0 heterocycles. The van der Waals surface area contributed by atoms with Gasteiger partial charge in [-0.2, -0.15) is 13.2 Å². The highest BCUT2D eigenvalue weighted by molar-refractivity contribution is 7.91. The molecule has 0 aromatic heterocycles. The number of benzene rings is 2. The van der Waals surface area contributed by atoms with Crippen molar-refractivity contribution in [3.05, 3.63) is 53.1 Å². The molecular formula is C17H15ClF3NO4S. The molecule has 146 valence electrons. The van der Waals surface area contributed by atoms with E-state index in [-0.39, 0.29) is 27.0 Å². The van der Waals surface area contributed by atoms with Gasteiger partial charge in [0.15, 0.2) is 0 Å². The van der Waals surface area contributed by atoms with Crippen molar-refractivity contribution in [2.75, 3.05) is 0 Å². The number of rotatable bonds is 5. The van der Waals surface area contributed by atoms with Crippen LogP contribution in [0.25, 0.3) is 0 Å². The molecule has 1 amide bonds. The summed E-state index contributed by atoms with van der Waals surface area (Å²) in [6.07, 6.45) is -4.88. The Morgan fingerprint density at radius 3 is 2.30 bits per heavy atom. The average Bonchev–Trinajstić information content (AvgIpc) is 2.53. The van der Waals surface area contributed by atoms with Crippen molar-refractivity contribution in [2.24, 2.45) is 0 Å². The van der Waals surface area contributed by atoms with E-state index >= 15 is 0 Å². The molecule has 0 spiro atoms. The molecule has 2 aromatic rings. The number of hydrogen-bond acceptors (Lipinski definition) is 4. The Kier molecular flexibility index (Phi) is 6.06. The van der Waals surface area contributed by atoms with Gasteiger partial charge in [-0.15, -0.1) is 0 Å². The van der Waals surface area contributed by atoms with Gasteiger partial charge < -0.3 is 10.4 Å². The standard InChI is InChI=1S/C17H15ClF3NO4S/c1-10(22-16(24)17(19,20)21)8-11-2-5-13(6-3-11)27(25,26)15-7-4-12(23)9-14(15)18/h2-7,9-10,23H,8H2,1H3,(H,22,24)/t10-/m1/s1. The second kappa shape index (κ2) is 7.77. The van der Waals surface area contributed by atoms with Crippen LogP contribution in [0.3, 0.4) is 0 Å². The highest BCUT2D eigenvalue weighted by atomic mass is 35.5. The number of hydrogen-bond donors (Lipinski definition) is 2. The van der Waals surface area contributed by atoms with Gasteiger partial charge in [-0.05, 0) is 49.2 Å². The predicted molar refractivity (Wildman–Crippen MR) is 92.4 cm³/mol. The van der Waals surface area contributed by atoms with E-state index in [4.69, 9.17) is 11.6 Å². The third kappa shape index (κ3) is 5.14. The molecular weight excluding hydrogens is 407 g/mol. The van der Waals surface area contributed by atoms with Gasteiger partial charge in [0, 0.05) is 6.04 Å². The number of carbonyl (C=O) groups excluding carboxylic acids is 1. The van der Waals surface area contributed by atoms with E-state index in [1.54, 1.807) is 0 Å². The van der Waals surface area contributed by atoms with Gasteiger partial charge in [-0.25, -0.2) is 8.42 Å². The number of halogens is 4. The van der Waals surface area contributed by atoms with Gasteiger partial charge in [0.1, 0.15) is 5.75 Å². The Bertz CT molecular complexity index is 944. The van der Waals surface area contributed by atoms with Gasteiger partial charge >= 0.3 is 12.1 Å². The minimum Gasteiger partial charge on any atom is -0.508 e. The molecule has 0 radical (unpaired) electrons. The summed E-state index contributed by atoms with van der Waals surface area (Å²) in [5, 5.41) is 11.0.